The van der Waals surface area contributed by atoms with Crippen LogP contribution in [0.5, 0.6) is 0 Å². The molecule has 0 aliphatic heterocycles. The van der Waals surface area contributed by atoms with Crippen LogP contribution in [0.4, 0.5) is 13.2 Å². The van der Waals surface area contributed by atoms with Gasteiger partial charge in [-0.3, -0.25) is 4.68 Å². The summed E-state index contributed by atoms with van der Waals surface area (Å²) in [6.45, 7) is 0. The lowest BCUT2D eigenvalue weighted by Gasteiger charge is -2.15. The van der Waals surface area contributed by atoms with Crippen LogP contribution in [0.25, 0.3) is 0 Å². The van der Waals surface area contributed by atoms with Crippen molar-refractivity contribution in [1.82, 2.24) is 9.78 Å². The Bertz CT molecular complexity index is 345. The second-order valence-electron chi connectivity index (χ2n) is 3.87. The van der Waals surface area contributed by atoms with Gasteiger partial charge in [-0.2, -0.15) is 18.3 Å². The quantitative estimate of drug-likeness (QED) is 0.784. The summed E-state index contributed by atoms with van der Waals surface area (Å²) in [4.78, 5) is 0. The second kappa shape index (κ2) is 3.52. The van der Waals surface area contributed by atoms with Gasteiger partial charge in [0.05, 0.1) is 17.8 Å². The molecule has 2 rings (SSSR count). The maximum atomic E-state index is 12.3. The van der Waals surface area contributed by atoms with E-state index in [1.54, 1.807) is 0 Å². The van der Waals surface area contributed by atoms with Crippen LogP contribution in [0, 0.1) is 0 Å². The van der Waals surface area contributed by atoms with Crippen molar-refractivity contribution in [2.45, 2.75) is 37.5 Å². The summed E-state index contributed by atoms with van der Waals surface area (Å²) in [7, 11) is 0. The number of rotatable bonds is 1. The van der Waals surface area contributed by atoms with Crippen LogP contribution in [-0.2, 0) is 6.18 Å². The first-order valence-corrected chi connectivity index (χ1v) is 4.85. The molecule has 6 heteroatoms. The standard InChI is InChI=1S/C9H12F3N3/c10-9(11,12)6-4-14-15(5-6)8-3-1-2-7(8)13/h4-5,7-8H,1-3,13H2. The van der Waals surface area contributed by atoms with Gasteiger partial charge in [-0.05, 0) is 19.3 Å². The molecule has 0 saturated heterocycles. The molecule has 1 aromatic heterocycles. The molecule has 1 aliphatic carbocycles. The van der Waals surface area contributed by atoms with Gasteiger partial charge in [0, 0.05) is 12.2 Å². The summed E-state index contributed by atoms with van der Waals surface area (Å²) in [5.74, 6) is 0. The van der Waals surface area contributed by atoms with Crippen molar-refractivity contribution >= 4 is 0 Å². The highest BCUT2D eigenvalue weighted by molar-refractivity contribution is 5.09. The molecule has 15 heavy (non-hydrogen) atoms. The van der Waals surface area contributed by atoms with Gasteiger partial charge in [0.15, 0.2) is 0 Å². The van der Waals surface area contributed by atoms with Crippen LogP contribution in [0.3, 0.4) is 0 Å². The molecular weight excluding hydrogens is 207 g/mol. The van der Waals surface area contributed by atoms with E-state index < -0.39 is 11.7 Å². The normalized spacial score (nSPS) is 27.2. The van der Waals surface area contributed by atoms with E-state index in [2.05, 4.69) is 5.10 Å². The number of hydrogen-bond acceptors (Lipinski definition) is 2. The molecule has 2 atom stereocenters. The summed E-state index contributed by atoms with van der Waals surface area (Å²) >= 11 is 0. The maximum absolute atomic E-state index is 12.3. The molecule has 0 spiro atoms. The van der Waals surface area contributed by atoms with Crippen LogP contribution in [0.1, 0.15) is 30.9 Å². The van der Waals surface area contributed by atoms with E-state index in [4.69, 9.17) is 5.73 Å². The highest BCUT2D eigenvalue weighted by atomic mass is 19.4. The zero-order chi connectivity index (χ0) is 11.1. The Balaban J connectivity index is 2.20. The smallest absolute Gasteiger partial charge is 0.326 e. The van der Waals surface area contributed by atoms with E-state index in [9.17, 15) is 13.2 Å². The summed E-state index contributed by atoms with van der Waals surface area (Å²) in [5.41, 5.74) is 5.08. The molecule has 1 heterocycles. The first-order valence-electron chi connectivity index (χ1n) is 4.85. The average Bonchev–Trinajstić information content (AvgIpc) is 2.69. The number of nitrogens with two attached hydrogens (primary N) is 1. The Kier molecular flexibility index (Phi) is 2.46. The zero-order valence-electron chi connectivity index (χ0n) is 8.04. The van der Waals surface area contributed by atoms with E-state index in [-0.39, 0.29) is 12.1 Å². The fourth-order valence-corrected chi connectivity index (χ4v) is 1.96. The Labute approximate surface area is 85.1 Å². The van der Waals surface area contributed by atoms with Crippen LogP contribution >= 0.6 is 0 Å². The first-order chi connectivity index (χ1) is 6.98. The number of aromatic nitrogens is 2. The predicted molar refractivity (Wildman–Crippen MR) is 48.1 cm³/mol. The van der Waals surface area contributed by atoms with Crippen molar-refractivity contribution in [3.05, 3.63) is 18.0 Å². The van der Waals surface area contributed by atoms with Crippen LogP contribution in [0.15, 0.2) is 12.4 Å². The fraction of sp³-hybridized carbons (Fsp3) is 0.667. The van der Waals surface area contributed by atoms with Gasteiger partial charge in [-0.25, -0.2) is 0 Å². The molecule has 1 aromatic rings. The molecule has 1 fully saturated rings. The van der Waals surface area contributed by atoms with Gasteiger partial charge in [0.2, 0.25) is 0 Å². The predicted octanol–water partition coefficient (Wildman–Crippen LogP) is 1.95. The van der Waals surface area contributed by atoms with Gasteiger partial charge in [0.25, 0.3) is 0 Å². The number of nitrogens with zero attached hydrogens (tertiary/aromatic N) is 2. The topological polar surface area (TPSA) is 43.8 Å². The lowest BCUT2D eigenvalue weighted by atomic mass is 10.2. The van der Waals surface area contributed by atoms with Gasteiger partial charge < -0.3 is 5.73 Å². The number of alkyl halides is 3. The van der Waals surface area contributed by atoms with Crippen molar-refractivity contribution in [2.24, 2.45) is 5.73 Å². The Hall–Kier alpha value is -1.04. The monoisotopic (exact) mass is 219 g/mol. The molecule has 0 aromatic carbocycles. The van der Waals surface area contributed by atoms with E-state index in [1.165, 1.54) is 4.68 Å². The molecule has 3 nitrogen and oxygen atoms in total. The zero-order valence-corrected chi connectivity index (χ0v) is 8.04. The highest BCUT2D eigenvalue weighted by Crippen LogP contribution is 2.32. The minimum atomic E-state index is -4.32. The largest absolute Gasteiger partial charge is 0.419 e. The molecule has 1 aliphatic rings. The molecule has 2 unspecified atom stereocenters. The molecule has 84 valence electrons. The maximum Gasteiger partial charge on any atom is 0.419 e. The summed E-state index contributed by atoms with van der Waals surface area (Å²) in [5, 5.41) is 3.73. The van der Waals surface area contributed by atoms with Crippen molar-refractivity contribution in [3.8, 4) is 0 Å². The van der Waals surface area contributed by atoms with Gasteiger partial charge in [-0.1, -0.05) is 0 Å². The first kappa shape index (κ1) is 10.5. The number of hydrogen-bond donors (Lipinski definition) is 1. The molecule has 0 bridgehead atoms. The van der Waals surface area contributed by atoms with E-state index >= 15 is 0 Å². The summed E-state index contributed by atoms with van der Waals surface area (Å²) in [6, 6.07) is -0.160. The van der Waals surface area contributed by atoms with Crippen molar-refractivity contribution in [2.75, 3.05) is 0 Å². The van der Waals surface area contributed by atoms with Crippen molar-refractivity contribution in [3.63, 3.8) is 0 Å². The van der Waals surface area contributed by atoms with Crippen LogP contribution in [-0.4, -0.2) is 15.8 Å². The lowest BCUT2D eigenvalue weighted by Crippen LogP contribution is -2.27. The Morgan fingerprint density at radius 1 is 1.40 bits per heavy atom. The van der Waals surface area contributed by atoms with Gasteiger partial charge in [0.1, 0.15) is 0 Å². The highest BCUT2D eigenvalue weighted by Gasteiger charge is 2.34. The second-order valence-corrected chi connectivity index (χ2v) is 3.87. The number of halogens is 3. The third-order valence-electron chi connectivity index (χ3n) is 2.80. The molecular formula is C9H12F3N3. The SMILES string of the molecule is NC1CCCC1n1cc(C(F)(F)F)cn1. The molecule has 0 amide bonds. The third kappa shape index (κ3) is 1.99. The Morgan fingerprint density at radius 3 is 2.60 bits per heavy atom. The van der Waals surface area contributed by atoms with E-state index in [1.807, 2.05) is 0 Å². The van der Waals surface area contributed by atoms with E-state index in [0.717, 1.165) is 31.7 Å². The molecule has 1 saturated carbocycles. The molecule has 0 radical (unpaired) electrons. The van der Waals surface area contributed by atoms with Crippen molar-refractivity contribution < 1.29 is 13.2 Å². The lowest BCUT2D eigenvalue weighted by molar-refractivity contribution is -0.137. The minimum Gasteiger partial charge on any atom is -0.326 e. The van der Waals surface area contributed by atoms with Crippen molar-refractivity contribution in [1.29, 1.82) is 0 Å². The van der Waals surface area contributed by atoms with Gasteiger partial charge >= 0.3 is 6.18 Å². The summed E-state index contributed by atoms with van der Waals surface area (Å²) < 4.78 is 38.2. The van der Waals surface area contributed by atoms with Crippen LogP contribution in [0.2, 0.25) is 0 Å². The fourth-order valence-electron chi connectivity index (χ4n) is 1.96. The summed E-state index contributed by atoms with van der Waals surface area (Å²) in [6.07, 6.45) is 0.181. The average molecular weight is 219 g/mol. The minimum absolute atomic E-state index is 0.0778. The Morgan fingerprint density at radius 2 is 2.13 bits per heavy atom. The van der Waals surface area contributed by atoms with Gasteiger partial charge in [-0.15, -0.1) is 0 Å². The third-order valence-corrected chi connectivity index (χ3v) is 2.80. The molecule has 2 N–H and O–H groups in total. The van der Waals surface area contributed by atoms with Crippen LogP contribution < -0.4 is 5.73 Å². The van der Waals surface area contributed by atoms with E-state index in [0.29, 0.717) is 0 Å².